The number of hydrogen-bond donors (Lipinski definition) is 0. The third-order valence-electron chi connectivity index (χ3n) is 3.99. The van der Waals surface area contributed by atoms with Crippen LogP contribution >= 0.6 is 0 Å². The predicted molar refractivity (Wildman–Crippen MR) is 92.8 cm³/mol. The molecule has 1 aliphatic heterocycles. The third-order valence-corrected chi connectivity index (χ3v) is 5.12. The van der Waals surface area contributed by atoms with Gasteiger partial charge in [-0.25, -0.2) is 17.8 Å². The van der Waals surface area contributed by atoms with Crippen LogP contribution in [0, 0.1) is 10.1 Å². The lowest BCUT2D eigenvalue weighted by molar-refractivity contribution is -0.384. The smallest absolute Gasteiger partial charge is 0.269 e. The number of nitro benzene ring substituents is 1. The molecule has 2 aromatic carbocycles. The SMILES string of the molecule is CS(=O)(=O)c1ccc(C2OC(c3ccc([N+](=O)[O-])cc3)=NC2CF)cc1. The zero-order valence-electron chi connectivity index (χ0n) is 13.7. The summed E-state index contributed by atoms with van der Waals surface area (Å²) in [4.78, 5) is 14.6. The van der Waals surface area contributed by atoms with Crippen LogP contribution in [-0.2, 0) is 14.6 Å². The second-order valence-corrected chi connectivity index (χ2v) is 7.86. The van der Waals surface area contributed by atoms with Crippen molar-refractivity contribution in [2.75, 3.05) is 12.9 Å². The Labute approximate surface area is 149 Å². The maximum atomic E-state index is 13.4. The van der Waals surface area contributed by atoms with Crippen molar-refractivity contribution in [3.63, 3.8) is 0 Å². The number of hydrogen-bond acceptors (Lipinski definition) is 6. The Morgan fingerprint density at radius 1 is 1.15 bits per heavy atom. The van der Waals surface area contributed by atoms with Crippen LogP contribution in [0.2, 0.25) is 0 Å². The third kappa shape index (κ3) is 3.57. The van der Waals surface area contributed by atoms with Gasteiger partial charge in [0.2, 0.25) is 5.90 Å². The maximum absolute atomic E-state index is 13.4. The lowest BCUT2D eigenvalue weighted by atomic mass is 10.0. The molecule has 0 N–H and O–H groups in total. The van der Waals surface area contributed by atoms with E-state index in [0.717, 1.165) is 6.26 Å². The van der Waals surface area contributed by atoms with Gasteiger partial charge < -0.3 is 4.74 Å². The molecule has 9 heteroatoms. The van der Waals surface area contributed by atoms with E-state index in [-0.39, 0.29) is 16.5 Å². The zero-order valence-corrected chi connectivity index (χ0v) is 14.5. The van der Waals surface area contributed by atoms with Crippen molar-refractivity contribution in [2.45, 2.75) is 17.0 Å². The number of benzene rings is 2. The summed E-state index contributed by atoms with van der Waals surface area (Å²) in [7, 11) is -3.33. The Bertz CT molecular complexity index is 956. The molecule has 1 heterocycles. The largest absolute Gasteiger partial charge is 0.467 e. The summed E-state index contributed by atoms with van der Waals surface area (Å²) < 4.78 is 42.2. The van der Waals surface area contributed by atoms with Gasteiger partial charge in [-0.3, -0.25) is 10.1 Å². The van der Waals surface area contributed by atoms with E-state index in [4.69, 9.17) is 4.74 Å². The van der Waals surface area contributed by atoms with Gasteiger partial charge in [-0.15, -0.1) is 0 Å². The van der Waals surface area contributed by atoms with Crippen LogP contribution in [0.3, 0.4) is 0 Å². The molecule has 0 spiro atoms. The second kappa shape index (κ2) is 6.83. The predicted octanol–water partition coefficient (Wildman–Crippen LogP) is 2.85. The van der Waals surface area contributed by atoms with E-state index < -0.39 is 33.6 Å². The molecule has 1 aliphatic rings. The van der Waals surface area contributed by atoms with Crippen molar-refractivity contribution in [1.29, 1.82) is 0 Å². The summed E-state index contributed by atoms with van der Waals surface area (Å²) in [5, 5.41) is 10.7. The van der Waals surface area contributed by atoms with Crippen LogP contribution < -0.4 is 0 Å². The molecule has 0 amide bonds. The van der Waals surface area contributed by atoms with E-state index in [9.17, 15) is 22.9 Å². The van der Waals surface area contributed by atoms with Crippen LogP contribution in [0.5, 0.6) is 0 Å². The maximum Gasteiger partial charge on any atom is 0.269 e. The molecule has 7 nitrogen and oxygen atoms in total. The van der Waals surface area contributed by atoms with Crippen molar-refractivity contribution < 1.29 is 22.5 Å². The van der Waals surface area contributed by atoms with Crippen molar-refractivity contribution >= 4 is 21.4 Å². The minimum absolute atomic E-state index is 0.0673. The average Bonchev–Trinajstić information content (AvgIpc) is 3.05. The molecule has 0 aliphatic carbocycles. The summed E-state index contributed by atoms with van der Waals surface area (Å²) in [6.45, 7) is -0.755. The van der Waals surface area contributed by atoms with Crippen LogP contribution in [0.25, 0.3) is 0 Å². The van der Waals surface area contributed by atoms with E-state index in [1.165, 1.54) is 36.4 Å². The fraction of sp³-hybridized carbons (Fsp3) is 0.235. The van der Waals surface area contributed by atoms with Gasteiger partial charge in [-0.05, 0) is 29.8 Å². The van der Waals surface area contributed by atoms with Crippen molar-refractivity contribution in [1.82, 2.24) is 0 Å². The van der Waals surface area contributed by atoms with Crippen molar-refractivity contribution in [2.24, 2.45) is 4.99 Å². The van der Waals surface area contributed by atoms with E-state index in [0.29, 0.717) is 11.1 Å². The van der Waals surface area contributed by atoms with Crippen molar-refractivity contribution in [3.8, 4) is 0 Å². The average molecular weight is 378 g/mol. The first-order chi connectivity index (χ1) is 12.3. The van der Waals surface area contributed by atoms with Crippen LogP contribution in [0.15, 0.2) is 58.4 Å². The van der Waals surface area contributed by atoms with Crippen molar-refractivity contribution in [3.05, 3.63) is 69.8 Å². The Balaban J connectivity index is 1.84. The molecule has 2 atom stereocenters. The highest BCUT2D eigenvalue weighted by Gasteiger charge is 2.33. The summed E-state index contributed by atoms with van der Waals surface area (Å²) in [5.41, 5.74) is 1.03. The number of rotatable bonds is 5. The van der Waals surface area contributed by atoms with E-state index in [1.54, 1.807) is 12.1 Å². The molecular weight excluding hydrogens is 363 g/mol. The summed E-state index contributed by atoms with van der Waals surface area (Å²) in [6.07, 6.45) is 0.410. The number of ether oxygens (including phenoxy) is 1. The number of sulfone groups is 1. The first-order valence-corrected chi connectivity index (χ1v) is 9.54. The molecule has 0 radical (unpaired) electrons. The first kappa shape index (κ1) is 18.0. The molecule has 2 aromatic rings. The Morgan fingerprint density at radius 3 is 2.27 bits per heavy atom. The highest BCUT2D eigenvalue weighted by molar-refractivity contribution is 7.90. The Hall–Kier alpha value is -2.81. The van der Waals surface area contributed by atoms with E-state index in [2.05, 4.69) is 4.99 Å². The van der Waals surface area contributed by atoms with E-state index >= 15 is 0 Å². The fourth-order valence-electron chi connectivity index (χ4n) is 2.63. The highest BCUT2D eigenvalue weighted by Crippen LogP contribution is 2.32. The number of non-ortho nitro benzene ring substituents is 1. The van der Waals surface area contributed by atoms with Gasteiger partial charge in [-0.2, -0.15) is 0 Å². The topological polar surface area (TPSA) is 98.9 Å². The normalized spacial score (nSPS) is 19.7. The number of aliphatic imine (C=N–C) groups is 1. The molecule has 0 aromatic heterocycles. The summed E-state index contributed by atoms with van der Waals surface area (Å²) in [6, 6.07) is 10.9. The molecule has 0 bridgehead atoms. The van der Waals surface area contributed by atoms with Gasteiger partial charge in [0.05, 0.1) is 9.82 Å². The fourth-order valence-corrected chi connectivity index (χ4v) is 3.26. The van der Waals surface area contributed by atoms with E-state index in [1.807, 2.05) is 0 Å². The minimum atomic E-state index is -3.33. The zero-order chi connectivity index (χ0) is 18.9. The van der Waals surface area contributed by atoms with Crippen LogP contribution in [0.1, 0.15) is 17.2 Å². The van der Waals surface area contributed by atoms with Gasteiger partial charge >= 0.3 is 0 Å². The minimum Gasteiger partial charge on any atom is -0.467 e. The number of halogens is 1. The van der Waals surface area contributed by atoms with Crippen LogP contribution in [-0.4, -0.2) is 38.2 Å². The monoisotopic (exact) mass is 378 g/mol. The lowest BCUT2D eigenvalue weighted by Gasteiger charge is -2.16. The lowest BCUT2D eigenvalue weighted by Crippen LogP contribution is -2.16. The number of nitro groups is 1. The summed E-state index contributed by atoms with van der Waals surface area (Å²) in [5.74, 6) is 0.194. The van der Waals surface area contributed by atoms with Gasteiger partial charge in [-0.1, -0.05) is 12.1 Å². The molecular formula is C17H15FN2O5S. The standard InChI is InChI=1S/C17H15FN2O5S/c1-26(23,24)14-8-4-11(5-9-14)16-15(10-18)19-17(25-16)12-2-6-13(7-3-12)20(21)22/h2-9,15-16H,10H2,1H3. The molecule has 0 fully saturated rings. The number of nitrogens with zero attached hydrogens (tertiary/aromatic N) is 2. The molecule has 136 valence electrons. The molecule has 2 unspecified atom stereocenters. The van der Waals surface area contributed by atoms with Gasteiger partial charge in [0.25, 0.3) is 5.69 Å². The number of alkyl halides is 1. The molecule has 26 heavy (non-hydrogen) atoms. The quantitative estimate of drug-likeness (QED) is 0.588. The Morgan fingerprint density at radius 2 is 1.77 bits per heavy atom. The molecule has 3 rings (SSSR count). The molecule has 0 saturated heterocycles. The molecule has 0 saturated carbocycles. The Kier molecular flexibility index (Phi) is 4.73. The second-order valence-electron chi connectivity index (χ2n) is 5.84. The summed E-state index contributed by atoms with van der Waals surface area (Å²) >= 11 is 0. The van der Waals surface area contributed by atoms with Gasteiger partial charge in [0, 0.05) is 24.0 Å². The van der Waals surface area contributed by atoms with Gasteiger partial charge in [0.15, 0.2) is 15.9 Å². The first-order valence-electron chi connectivity index (χ1n) is 7.65. The van der Waals surface area contributed by atoms with Crippen LogP contribution in [0.4, 0.5) is 10.1 Å². The highest BCUT2D eigenvalue weighted by atomic mass is 32.2. The van der Waals surface area contributed by atoms with Gasteiger partial charge in [0.1, 0.15) is 12.7 Å².